The number of aromatic nitrogens is 1. The fraction of sp³-hybridized carbons (Fsp3) is 0.261. The first-order chi connectivity index (χ1) is 15.0. The minimum atomic E-state index is -0.259. The lowest BCUT2D eigenvalue weighted by atomic mass is 10.1. The molecule has 0 bridgehead atoms. The summed E-state index contributed by atoms with van der Waals surface area (Å²) < 4.78 is 5.36. The van der Waals surface area contributed by atoms with Crippen LogP contribution in [0.25, 0.3) is 0 Å². The molecule has 31 heavy (non-hydrogen) atoms. The average Bonchev–Trinajstić information content (AvgIpc) is 3.46. The van der Waals surface area contributed by atoms with E-state index in [0.717, 1.165) is 29.7 Å². The number of hydrogen-bond donors (Lipinski definition) is 3. The van der Waals surface area contributed by atoms with Gasteiger partial charge in [0.05, 0.1) is 13.3 Å². The van der Waals surface area contributed by atoms with E-state index < -0.39 is 0 Å². The molecule has 8 heteroatoms. The lowest BCUT2D eigenvalue weighted by Gasteiger charge is -2.10. The van der Waals surface area contributed by atoms with Crippen LogP contribution in [-0.2, 0) is 6.54 Å². The minimum absolute atomic E-state index is 0.112. The number of ether oxygens (including phenoxy) is 1. The molecule has 4 rings (SSSR count). The number of anilines is 2. The first-order valence-electron chi connectivity index (χ1n) is 10.1. The summed E-state index contributed by atoms with van der Waals surface area (Å²) in [5.74, 6) is 0.426. The van der Waals surface area contributed by atoms with Gasteiger partial charge in [-0.25, -0.2) is 4.98 Å². The molecule has 0 aliphatic heterocycles. The highest BCUT2D eigenvalue weighted by atomic mass is 32.1. The Labute approximate surface area is 184 Å². The molecular weight excluding hydrogens is 412 g/mol. The predicted octanol–water partition coefficient (Wildman–Crippen LogP) is 4.22. The van der Waals surface area contributed by atoms with Crippen LogP contribution in [0.5, 0.6) is 5.75 Å². The molecule has 0 saturated heterocycles. The largest absolute Gasteiger partial charge is 0.496 e. The second kappa shape index (κ2) is 9.18. The molecule has 1 aromatic heterocycles. The third kappa shape index (κ3) is 5.21. The quantitative estimate of drug-likeness (QED) is 0.492. The van der Waals surface area contributed by atoms with Crippen molar-refractivity contribution in [2.24, 2.45) is 0 Å². The normalized spacial score (nSPS) is 12.8. The highest BCUT2D eigenvalue weighted by Crippen LogP contribution is 2.25. The number of aryl methyl sites for hydroxylation is 1. The monoisotopic (exact) mass is 436 g/mol. The summed E-state index contributed by atoms with van der Waals surface area (Å²) >= 11 is 1.27. The molecule has 1 fully saturated rings. The maximum Gasteiger partial charge on any atom is 0.267 e. The van der Waals surface area contributed by atoms with Crippen LogP contribution < -0.4 is 20.7 Å². The molecular formula is C23H24N4O3S. The smallest absolute Gasteiger partial charge is 0.267 e. The number of benzene rings is 2. The van der Waals surface area contributed by atoms with Crippen LogP contribution in [0.2, 0.25) is 0 Å². The summed E-state index contributed by atoms with van der Waals surface area (Å²) in [6, 6.07) is 13.3. The van der Waals surface area contributed by atoms with Crippen LogP contribution in [-0.4, -0.2) is 29.9 Å². The minimum Gasteiger partial charge on any atom is -0.496 e. The second-order valence-corrected chi connectivity index (χ2v) is 8.46. The fourth-order valence-corrected chi connectivity index (χ4v) is 3.77. The SMILES string of the molecule is COc1ccccc1CNc1ncc(C(=O)Nc2cc(C(=O)NC3CC3)ccc2C)s1. The molecule has 0 spiro atoms. The maximum absolute atomic E-state index is 12.7. The number of para-hydroxylation sites is 1. The summed E-state index contributed by atoms with van der Waals surface area (Å²) in [5.41, 5.74) is 3.04. The third-order valence-electron chi connectivity index (χ3n) is 5.01. The Hall–Kier alpha value is -3.39. The molecule has 1 aliphatic rings. The summed E-state index contributed by atoms with van der Waals surface area (Å²) in [7, 11) is 1.64. The van der Waals surface area contributed by atoms with Gasteiger partial charge in [-0.15, -0.1) is 0 Å². The summed E-state index contributed by atoms with van der Waals surface area (Å²) in [4.78, 5) is 29.8. The highest BCUT2D eigenvalue weighted by Gasteiger charge is 2.24. The predicted molar refractivity (Wildman–Crippen MR) is 122 cm³/mol. The van der Waals surface area contributed by atoms with Gasteiger partial charge in [-0.2, -0.15) is 0 Å². The fourth-order valence-electron chi connectivity index (χ4n) is 3.06. The molecule has 1 aliphatic carbocycles. The summed E-state index contributed by atoms with van der Waals surface area (Å²) in [5, 5.41) is 9.74. The van der Waals surface area contributed by atoms with E-state index in [1.54, 1.807) is 25.4 Å². The van der Waals surface area contributed by atoms with Gasteiger partial charge >= 0.3 is 0 Å². The van der Waals surface area contributed by atoms with Crippen LogP contribution in [0.4, 0.5) is 10.8 Å². The molecule has 0 unspecified atom stereocenters. The number of nitrogens with zero attached hydrogens (tertiary/aromatic N) is 1. The molecule has 1 saturated carbocycles. The summed E-state index contributed by atoms with van der Waals surface area (Å²) in [6.45, 7) is 2.43. The Morgan fingerprint density at radius 3 is 2.74 bits per heavy atom. The maximum atomic E-state index is 12.7. The van der Waals surface area contributed by atoms with Gasteiger partial charge in [0.1, 0.15) is 10.6 Å². The molecule has 0 atom stereocenters. The average molecular weight is 437 g/mol. The van der Waals surface area contributed by atoms with Crippen molar-refractivity contribution >= 4 is 34.0 Å². The Morgan fingerprint density at radius 1 is 1.16 bits per heavy atom. The zero-order valence-corrected chi connectivity index (χ0v) is 18.2. The Morgan fingerprint density at radius 2 is 1.97 bits per heavy atom. The van der Waals surface area contributed by atoms with Crippen molar-refractivity contribution in [1.29, 1.82) is 0 Å². The van der Waals surface area contributed by atoms with Crippen molar-refractivity contribution < 1.29 is 14.3 Å². The molecule has 2 aromatic carbocycles. The van der Waals surface area contributed by atoms with Crippen LogP contribution in [0.1, 0.15) is 44.0 Å². The van der Waals surface area contributed by atoms with E-state index in [1.807, 2.05) is 37.3 Å². The van der Waals surface area contributed by atoms with Crippen molar-refractivity contribution in [2.45, 2.75) is 32.4 Å². The van der Waals surface area contributed by atoms with E-state index in [9.17, 15) is 9.59 Å². The second-order valence-electron chi connectivity index (χ2n) is 7.43. The van der Waals surface area contributed by atoms with Crippen LogP contribution in [0.3, 0.4) is 0 Å². The highest BCUT2D eigenvalue weighted by molar-refractivity contribution is 7.17. The van der Waals surface area contributed by atoms with Crippen LogP contribution in [0.15, 0.2) is 48.7 Å². The third-order valence-corrected chi connectivity index (χ3v) is 5.97. The molecule has 1 heterocycles. The zero-order chi connectivity index (χ0) is 21.8. The first kappa shape index (κ1) is 20.9. The van der Waals surface area contributed by atoms with Gasteiger partial charge in [-0.1, -0.05) is 35.6 Å². The number of carbonyl (C=O) groups excluding carboxylic acids is 2. The lowest BCUT2D eigenvalue weighted by molar-refractivity contribution is 0.0949. The lowest BCUT2D eigenvalue weighted by Crippen LogP contribution is -2.25. The van der Waals surface area contributed by atoms with E-state index in [2.05, 4.69) is 20.9 Å². The van der Waals surface area contributed by atoms with Crippen molar-refractivity contribution in [3.05, 3.63) is 70.2 Å². The Kier molecular flexibility index (Phi) is 6.18. The first-order valence-corrected chi connectivity index (χ1v) is 10.9. The topological polar surface area (TPSA) is 92.3 Å². The number of rotatable bonds is 8. The van der Waals surface area contributed by atoms with Gasteiger partial charge in [-0.05, 0) is 43.5 Å². The number of methoxy groups -OCH3 is 1. The number of nitrogens with one attached hydrogen (secondary N) is 3. The van der Waals surface area contributed by atoms with Gasteiger partial charge in [0, 0.05) is 29.4 Å². The molecule has 160 valence electrons. The van der Waals surface area contributed by atoms with E-state index >= 15 is 0 Å². The zero-order valence-electron chi connectivity index (χ0n) is 17.4. The van der Waals surface area contributed by atoms with Gasteiger partial charge < -0.3 is 20.7 Å². The standard InChI is InChI=1S/C23H24N4O3S/c1-14-7-8-15(21(28)26-17-9-10-17)11-18(14)27-22(29)20-13-25-23(31-20)24-12-16-5-3-4-6-19(16)30-2/h3-8,11,13,17H,9-10,12H2,1-2H3,(H,24,25)(H,26,28)(H,27,29). The number of carbonyl (C=O) groups is 2. The van der Waals surface area contributed by atoms with Crippen LogP contribution >= 0.6 is 11.3 Å². The van der Waals surface area contributed by atoms with Crippen molar-refractivity contribution in [1.82, 2.24) is 10.3 Å². The van der Waals surface area contributed by atoms with Gasteiger partial charge in [0.15, 0.2) is 5.13 Å². The van der Waals surface area contributed by atoms with Gasteiger partial charge in [0.2, 0.25) is 0 Å². The van der Waals surface area contributed by atoms with E-state index in [-0.39, 0.29) is 17.9 Å². The molecule has 0 radical (unpaired) electrons. The number of hydrogen-bond acceptors (Lipinski definition) is 6. The van der Waals surface area contributed by atoms with Crippen molar-refractivity contribution in [3.63, 3.8) is 0 Å². The van der Waals surface area contributed by atoms with Crippen molar-refractivity contribution in [3.8, 4) is 5.75 Å². The Balaban J connectivity index is 1.40. The molecule has 3 N–H and O–H groups in total. The van der Waals surface area contributed by atoms with E-state index in [0.29, 0.717) is 27.8 Å². The molecule has 7 nitrogen and oxygen atoms in total. The van der Waals surface area contributed by atoms with Gasteiger partial charge in [0.25, 0.3) is 11.8 Å². The molecule has 2 amide bonds. The summed E-state index contributed by atoms with van der Waals surface area (Å²) in [6.07, 6.45) is 3.60. The van der Waals surface area contributed by atoms with Crippen molar-refractivity contribution in [2.75, 3.05) is 17.7 Å². The van der Waals surface area contributed by atoms with E-state index in [1.165, 1.54) is 11.3 Å². The van der Waals surface area contributed by atoms with Crippen LogP contribution in [0, 0.1) is 6.92 Å². The van der Waals surface area contributed by atoms with Gasteiger partial charge in [-0.3, -0.25) is 9.59 Å². The Bertz CT molecular complexity index is 1110. The van der Waals surface area contributed by atoms with E-state index in [4.69, 9.17) is 4.74 Å². The molecule has 3 aromatic rings. The number of thiazole rings is 1. The number of amides is 2.